The molecule has 0 aromatic carbocycles. The number of Topliss-reactive ketones (excluding diaryl/α,β-unsaturated/α-hetero) is 1. The topological polar surface area (TPSA) is 113 Å². The molecule has 1 aliphatic rings. The summed E-state index contributed by atoms with van der Waals surface area (Å²) in [6.45, 7) is 1.45. The summed E-state index contributed by atoms with van der Waals surface area (Å²) < 4.78 is 5.32. The van der Waals surface area contributed by atoms with Crippen LogP contribution >= 0.6 is 11.3 Å². The van der Waals surface area contributed by atoms with Gasteiger partial charge >= 0.3 is 13.1 Å². The Morgan fingerprint density at radius 3 is 2.74 bits per heavy atom. The Morgan fingerprint density at radius 1 is 1.48 bits per heavy atom. The van der Waals surface area contributed by atoms with Crippen LogP contribution in [-0.2, 0) is 19.0 Å². The van der Waals surface area contributed by atoms with Gasteiger partial charge in [0.2, 0.25) is 5.91 Å². The quantitative estimate of drug-likeness (QED) is 0.516. The van der Waals surface area contributed by atoms with Crippen LogP contribution in [0.3, 0.4) is 0 Å². The molecule has 0 spiro atoms. The maximum absolute atomic E-state index is 12.2. The Labute approximate surface area is 137 Å². The van der Waals surface area contributed by atoms with Crippen molar-refractivity contribution in [2.45, 2.75) is 44.1 Å². The summed E-state index contributed by atoms with van der Waals surface area (Å²) in [5.74, 6) is -3.97. The van der Waals surface area contributed by atoms with Crippen molar-refractivity contribution in [3.05, 3.63) is 22.4 Å². The molecule has 9 heteroatoms. The summed E-state index contributed by atoms with van der Waals surface area (Å²) >= 11 is 1.31. The van der Waals surface area contributed by atoms with E-state index >= 15 is 0 Å². The number of aliphatic carboxylic acids is 1. The number of nitrogens with one attached hydrogen (secondary N) is 1. The van der Waals surface area contributed by atoms with E-state index in [2.05, 4.69) is 5.32 Å². The molecule has 0 aliphatic carbocycles. The minimum absolute atomic E-state index is 0.0342. The molecule has 2 heterocycles. The molecule has 3 N–H and O–H groups in total. The standard InChI is InChI=1S/C14H18BNO6S/c1-8(17)6-10-2-3-11(15(21)22-10)16-13(18)12(14(19)20)9-4-5-23-7-9/h4-5,7,10-12,21H,2-3,6H2,1H3,(H,16,18)(H,19,20)/t10-,11-,12?/m0/s1. The van der Waals surface area contributed by atoms with Gasteiger partial charge in [0.05, 0.1) is 5.94 Å². The van der Waals surface area contributed by atoms with E-state index in [9.17, 15) is 24.5 Å². The predicted molar refractivity (Wildman–Crippen MR) is 84.0 cm³/mol. The van der Waals surface area contributed by atoms with E-state index in [0.717, 1.165) is 0 Å². The van der Waals surface area contributed by atoms with Gasteiger partial charge in [0, 0.05) is 12.5 Å². The molecule has 1 unspecified atom stereocenters. The number of carboxylic acid groups (broad SMARTS) is 1. The average molecular weight is 339 g/mol. The Hall–Kier alpha value is -1.71. The molecule has 1 fully saturated rings. The summed E-state index contributed by atoms with van der Waals surface area (Å²) in [5.41, 5.74) is 0.403. The minimum atomic E-state index is -1.32. The third kappa shape index (κ3) is 4.63. The number of hydrogen-bond donors (Lipinski definition) is 3. The Morgan fingerprint density at radius 2 is 2.22 bits per heavy atom. The smallest absolute Gasteiger partial charge is 0.478 e. The minimum Gasteiger partial charge on any atom is -0.480 e. The average Bonchev–Trinajstić information content (AvgIpc) is 2.94. The fourth-order valence-electron chi connectivity index (χ4n) is 2.59. The van der Waals surface area contributed by atoms with Gasteiger partial charge in [0.1, 0.15) is 5.78 Å². The summed E-state index contributed by atoms with van der Waals surface area (Å²) in [5, 5.41) is 25.1. The molecule has 1 amide bonds. The van der Waals surface area contributed by atoms with Crippen LogP contribution in [0, 0.1) is 0 Å². The van der Waals surface area contributed by atoms with E-state index in [0.29, 0.717) is 18.4 Å². The zero-order valence-corrected chi connectivity index (χ0v) is 13.4. The maximum Gasteiger partial charge on any atom is 0.478 e. The van der Waals surface area contributed by atoms with Crippen LogP contribution in [0.5, 0.6) is 0 Å². The number of hydrogen-bond acceptors (Lipinski definition) is 6. The van der Waals surface area contributed by atoms with Crippen LogP contribution in [0.25, 0.3) is 0 Å². The Kier molecular flexibility index (Phi) is 5.92. The zero-order chi connectivity index (χ0) is 17.0. The molecule has 7 nitrogen and oxygen atoms in total. The molecule has 0 bridgehead atoms. The van der Waals surface area contributed by atoms with E-state index in [1.807, 2.05) is 0 Å². The van der Waals surface area contributed by atoms with Gasteiger partial charge in [0.25, 0.3) is 0 Å². The van der Waals surface area contributed by atoms with Gasteiger partial charge in [-0.25, -0.2) is 0 Å². The third-order valence-electron chi connectivity index (χ3n) is 3.70. The SMILES string of the molecule is CC(=O)C[C@@H]1CC[C@H](NC(=O)C(C(=O)O)c2ccsc2)B(O)O1. The van der Waals surface area contributed by atoms with Crippen molar-refractivity contribution in [1.82, 2.24) is 5.32 Å². The van der Waals surface area contributed by atoms with Crippen molar-refractivity contribution in [2.24, 2.45) is 0 Å². The van der Waals surface area contributed by atoms with E-state index in [-0.39, 0.29) is 18.3 Å². The molecular formula is C14H18BNO6S. The van der Waals surface area contributed by atoms with E-state index in [1.54, 1.807) is 16.8 Å². The predicted octanol–water partition coefficient (Wildman–Crippen LogP) is 0.579. The largest absolute Gasteiger partial charge is 0.480 e. The zero-order valence-electron chi connectivity index (χ0n) is 12.6. The van der Waals surface area contributed by atoms with Gasteiger partial charge in [-0.1, -0.05) is 0 Å². The van der Waals surface area contributed by atoms with Crippen LogP contribution in [0.15, 0.2) is 16.8 Å². The van der Waals surface area contributed by atoms with Gasteiger partial charge in [-0.2, -0.15) is 11.3 Å². The summed E-state index contributed by atoms with van der Waals surface area (Å²) in [6.07, 6.45) is 0.769. The normalized spacial score (nSPS) is 22.4. The maximum atomic E-state index is 12.2. The van der Waals surface area contributed by atoms with Gasteiger partial charge in [0.15, 0.2) is 5.92 Å². The highest BCUT2D eigenvalue weighted by atomic mass is 32.1. The first-order valence-corrected chi connectivity index (χ1v) is 8.21. The molecule has 0 radical (unpaired) electrons. The molecule has 0 saturated carbocycles. The van der Waals surface area contributed by atoms with Crippen LogP contribution in [-0.4, -0.2) is 47.0 Å². The lowest BCUT2D eigenvalue weighted by molar-refractivity contribution is -0.143. The molecule has 124 valence electrons. The van der Waals surface area contributed by atoms with Crippen LogP contribution in [0.1, 0.15) is 37.7 Å². The number of carbonyl (C=O) groups is 3. The molecule has 23 heavy (non-hydrogen) atoms. The molecular weight excluding hydrogens is 321 g/mol. The van der Waals surface area contributed by atoms with Crippen molar-refractivity contribution in [2.75, 3.05) is 0 Å². The second-order valence-electron chi connectivity index (χ2n) is 5.58. The summed E-state index contributed by atoms with van der Waals surface area (Å²) in [6, 6.07) is 1.58. The van der Waals surface area contributed by atoms with Gasteiger partial charge in [-0.15, -0.1) is 0 Å². The Balaban J connectivity index is 1.97. The number of rotatable bonds is 6. The third-order valence-corrected chi connectivity index (χ3v) is 4.41. The molecule has 1 aromatic rings. The molecule has 2 rings (SSSR count). The van der Waals surface area contributed by atoms with Crippen LogP contribution in [0.2, 0.25) is 0 Å². The number of carboxylic acids is 1. The van der Waals surface area contributed by atoms with E-state index in [4.69, 9.17) is 4.65 Å². The molecule has 1 aromatic heterocycles. The Bertz CT molecular complexity index is 578. The highest BCUT2D eigenvalue weighted by Crippen LogP contribution is 2.22. The van der Waals surface area contributed by atoms with Crippen molar-refractivity contribution < 1.29 is 29.2 Å². The van der Waals surface area contributed by atoms with E-state index in [1.165, 1.54) is 18.3 Å². The van der Waals surface area contributed by atoms with Crippen molar-refractivity contribution >= 4 is 36.1 Å². The first-order chi connectivity index (χ1) is 10.9. The van der Waals surface area contributed by atoms with Crippen molar-refractivity contribution in [3.8, 4) is 0 Å². The first-order valence-electron chi connectivity index (χ1n) is 7.26. The lowest BCUT2D eigenvalue weighted by atomic mass is 9.72. The fourth-order valence-corrected chi connectivity index (χ4v) is 3.28. The number of thiophene rings is 1. The van der Waals surface area contributed by atoms with Crippen molar-refractivity contribution in [1.29, 1.82) is 0 Å². The van der Waals surface area contributed by atoms with Crippen molar-refractivity contribution in [3.63, 3.8) is 0 Å². The number of carbonyl (C=O) groups excluding carboxylic acids is 2. The van der Waals surface area contributed by atoms with Gasteiger partial charge in [-0.05, 0) is 42.2 Å². The second kappa shape index (κ2) is 7.71. The lowest BCUT2D eigenvalue weighted by Crippen LogP contribution is -2.54. The molecule has 1 saturated heterocycles. The van der Waals surface area contributed by atoms with Crippen LogP contribution in [0.4, 0.5) is 0 Å². The summed E-state index contributed by atoms with van der Waals surface area (Å²) in [4.78, 5) is 34.7. The van der Waals surface area contributed by atoms with E-state index < -0.39 is 30.9 Å². The highest BCUT2D eigenvalue weighted by molar-refractivity contribution is 7.08. The first kappa shape index (κ1) is 17.6. The second-order valence-corrected chi connectivity index (χ2v) is 6.36. The molecule has 3 atom stereocenters. The summed E-state index contributed by atoms with van der Waals surface area (Å²) in [7, 11) is -1.26. The lowest BCUT2D eigenvalue weighted by Gasteiger charge is -2.31. The monoisotopic (exact) mass is 339 g/mol. The molecule has 1 aliphatic heterocycles. The van der Waals surface area contributed by atoms with Gasteiger partial charge < -0.3 is 20.1 Å². The van der Waals surface area contributed by atoms with Crippen LogP contribution < -0.4 is 5.32 Å². The number of ketones is 1. The van der Waals surface area contributed by atoms with Gasteiger partial charge in [-0.3, -0.25) is 14.4 Å². The highest BCUT2D eigenvalue weighted by Gasteiger charge is 2.39. The fraction of sp³-hybridized carbons (Fsp3) is 0.500. The number of amides is 1.